The predicted molar refractivity (Wildman–Crippen MR) is 241 cm³/mol. The first-order valence-corrected chi connectivity index (χ1v) is 22.1. The van der Waals surface area contributed by atoms with E-state index in [1.165, 1.54) is 13.8 Å². The Bertz CT molecular complexity index is 1790. The number of hydrogen-bond donors (Lipinski definition) is 15. The van der Waals surface area contributed by atoms with E-state index in [2.05, 4.69) is 47.9 Å². The Kier molecular flexibility index (Phi) is 24.7. The Hall–Kier alpha value is -5.79. The zero-order valence-corrected chi connectivity index (χ0v) is 38.1. The number of benzene rings is 1. The number of aliphatic hydroxyl groups excluding tert-OH is 2. The van der Waals surface area contributed by atoms with Crippen molar-refractivity contribution in [2.75, 3.05) is 32.7 Å². The van der Waals surface area contributed by atoms with Crippen LogP contribution in [0.25, 0.3) is 0 Å². The number of nitrogens with two attached hydrogens (primary N) is 4. The van der Waals surface area contributed by atoms with Gasteiger partial charge in [-0.3, -0.25) is 43.2 Å². The maximum Gasteiger partial charge on any atom is 0.245 e. The number of aliphatic hydroxyl groups is 2. The summed E-state index contributed by atoms with van der Waals surface area (Å²) < 4.78 is 0. The SMILES string of the molecule is CC(C)C[C@@H]1NC(=O)[C@@H](Cc2ccccc2)NC(=O)[C@H](CCN)NC(=O)[C@@H](NC(=O)[C@H](CN)NC(=O)C[C@@H](C)O)CCNC(=O)[C@H]([C@@H](C)O)NC(=O)[C@H](CCN)NC(=O)[C@H](CCN)NC1=O. The van der Waals surface area contributed by atoms with Gasteiger partial charge in [-0.05, 0) is 77.1 Å². The molecule has 24 nitrogen and oxygen atoms in total. The second-order valence-electron chi connectivity index (χ2n) is 16.6. The molecule has 1 aromatic rings. The first kappa shape index (κ1) is 56.3. The van der Waals surface area contributed by atoms with Gasteiger partial charge in [-0.25, -0.2) is 0 Å². The van der Waals surface area contributed by atoms with Crippen molar-refractivity contribution in [3.8, 4) is 0 Å². The first-order chi connectivity index (χ1) is 31.2. The van der Waals surface area contributed by atoms with Crippen LogP contribution in [0.3, 0.4) is 0 Å². The van der Waals surface area contributed by atoms with Gasteiger partial charge in [-0.15, -0.1) is 0 Å². The molecule has 0 unspecified atom stereocenters. The summed E-state index contributed by atoms with van der Waals surface area (Å²) in [5, 5.41) is 43.1. The predicted octanol–water partition coefficient (Wildman–Crippen LogP) is -6.17. The Morgan fingerprint density at radius 1 is 0.652 bits per heavy atom. The minimum atomic E-state index is -1.62. The van der Waals surface area contributed by atoms with Crippen LogP contribution in [-0.2, 0) is 49.6 Å². The van der Waals surface area contributed by atoms with E-state index in [0.717, 1.165) is 0 Å². The van der Waals surface area contributed by atoms with Crippen molar-refractivity contribution in [3.63, 3.8) is 0 Å². The van der Waals surface area contributed by atoms with Gasteiger partial charge in [-0.1, -0.05) is 44.2 Å². The molecule has 1 aliphatic rings. The number of rotatable bonds is 17. The second-order valence-corrected chi connectivity index (χ2v) is 16.6. The summed E-state index contributed by atoms with van der Waals surface area (Å²) in [6.07, 6.45) is -3.68. The maximum absolute atomic E-state index is 14.2. The van der Waals surface area contributed by atoms with Gasteiger partial charge in [0.2, 0.25) is 53.2 Å². The Labute approximate surface area is 384 Å². The highest BCUT2D eigenvalue weighted by atomic mass is 16.3. The lowest BCUT2D eigenvalue weighted by Crippen LogP contribution is -2.61. The smallest absolute Gasteiger partial charge is 0.245 e. The molecule has 0 radical (unpaired) electrons. The van der Waals surface area contributed by atoms with Crippen LogP contribution in [-0.4, -0.2) is 157 Å². The van der Waals surface area contributed by atoms with Crippen molar-refractivity contribution in [2.45, 2.75) is 133 Å². The molecule has 19 N–H and O–H groups in total. The summed E-state index contributed by atoms with van der Waals surface area (Å²) in [5.74, 6) is -7.90. The number of nitrogens with one attached hydrogen (secondary N) is 9. The third-order valence-electron chi connectivity index (χ3n) is 10.3. The highest BCUT2D eigenvalue weighted by Gasteiger charge is 2.36. The van der Waals surface area contributed by atoms with Gasteiger partial charge in [0.25, 0.3) is 0 Å². The molecule has 0 aliphatic carbocycles. The molecule has 24 heteroatoms. The lowest BCUT2D eigenvalue weighted by atomic mass is 10.00. The molecule has 0 saturated carbocycles. The van der Waals surface area contributed by atoms with Crippen molar-refractivity contribution in [1.29, 1.82) is 0 Å². The number of carbonyl (C=O) groups excluding carboxylic acids is 9. The van der Waals surface area contributed by atoms with Gasteiger partial charge in [0, 0.05) is 19.5 Å². The Balaban J connectivity index is 2.71. The molecule has 370 valence electrons. The normalized spacial score (nSPS) is 24.8. The summed E-state index contributed by atoms with van der Waals surface area (Å²) in [5.41, 5.74) is 23.9. The van der Waals surface area contributed by atoms with Crippen molar-refractivity contribution in [3.05, 3.63) is 35.9 Å². The van der Waals surface area contributed by atoms with Crippen LogP contribution >= 0.6 is 0 Å². The first-order valence-electron chi connectivity index (χ1n) is 22.1. The molecular formula is C42H71N13O11. The van der Waals surface area contributed by atoms with Gasteiger partial charge in [0.15, 0.2) is 0 Å². The minimum absolute atomic E-state index is 0.0758. The summed E-state index contributed by atoms with van der Waals surface area (Å²) in [4.78, 5) is 123. The number of carbonyl (C=O) groups is 9. The monoisotopic (exact) mass is 934 g/mol. The van der Waals surface area contributed by atoms with E-state index in [1.54, 1.807) is 44.2 Å². The highest BCUT2D eigenvalue weighted by molar-refractivity contribution is 5.98. The summed E-state index contributed by atoms with van der Waals surface area (Å²) in [7, 11) is 0. The molecule has 10 atom stereocenters. The minimum Gasteiger partial charge on any atom is -0.393 e. The largest absolute Gasteiger partial charge is 0.393 e. The van der Waals surface area contributed by atoms with Crippen LogP contribution in [0.4, 0.5) is 0 Å². The van der Waals surface area contributed by atoms with Crippen molar-refractivity contribution in [2.24, 2.45) is 28.9 Å². The molecule has 1 saturated heterocycles. The Morgan fingerprint density at radius 2 is 1.12 bits per heavy atom. The molecule has 1 aliphatic heterocycles. The van der Waals surface area contributed by atoms with Gasteiger partial charge in [-0.2, -0.15) is 0 Å². The van der Waals surface area contributed by atoms with E-state index < -0.39 is 120 Å². The van der Waals surface area contributed by atoms with Crippen LogP contribution in [0.5, 0.6) is 0 Å². The van der Waals surface area contributed by atoms with Crippen LogP contribution in [0.15, 0.2) is 30.3 Å². The zero-order chi connectivity index (χ0) is 49.5. The van der Waals surface area contributed by atoms with Gasteiger partial charge in [0.05, 0.1) is 18.6 Å². The fourth-order valence-electron chi connectivity index (χ4n) is 6.83. The number of hydrogen-bond acceptors (Lipinski definition) is 15. The third-order valence-corrected chi connectivity index (χ3v) is 10.3. The van der Waals surface area contributed by atoms with E-state index in [1.807, 2.05) is 0 Å². The molecule has 0 spiro atoms. The summed E-state index contributed by atoms with van der Waals surface area (Å²) in [6, 6.07) is -2.62. The van der Waals surface area contributed by atoms with E-state index in [0.29, 0.717) is 5.56 Å². The van der Waals surface area contributed by atoms with Crippen molar-refractivity contribution in [1.82, 2.24) is 47.9 Å². The summed E-state index contributed by atoms with van der Waals surface area (Å²) >= 11 is 0. The van der Waals surface area contributed by atoms with E-state index in [-0.39, 0.29) is 77.0 Å². The quantitative estimate of drug-likeness (QED) is 0.0691. The fraction of sp³-hybridized carbons (Fsp3) is 0.643. The van der Waals surface area contributed by atoms with E-state index in [9.17, 15) is 53.4 Å². The standard InChI is InChI=1S/C42H71N13O11/c1-22(2)18-30-39(63)51-26(10-14-43)35(59)50-28(12-16-45)38(62)55-34(24(4)57)42(66)47-17-13-29(52-41(65)32(21-46)48-33(58)19-23(3)56)37(61)49-27(11-15-44)36(60)54-31(40(64)53-30)20-25-8-6-5-7-9-25/h5-9,22-24,26-32,34,56-57H,10-21,43-46H2,1-4H3,(H,47,66)(H,48,58)(H,49,61)(H,50,59)(H,51,63)(H,52,65)(H,53,64)(H,54,60)(H,55,62)/t23-,24-,26+,27+,28+,29+,30+,31-,32+,34+/m1/s1. The van der Waals surface area contributed by atoms with Crippen molar-refractivity contribution < 1.29 is 53.4 Å². The molecule has 1 aromatic carbocycles. The molecular weight excluding hydrogens is 863 g/mol. The molecule has 2 rings (SSSR count). The molecule has 0 bridgehead atoms. The lowest BCUT2D eigenvalue weighted by Gasteiger charge is -2.28. The zero-order valence-electron chi connectivity index (χ0n) is 38.1. The van der Waals surface area contributed by atoms with Crippen LogP contribution < -0.4 is 70.8 Å². The van der Waals surface area contributed by atoms with Gasteiger partial charge in [0.1, 0.15) is 48.3 Å². The molecule has 66 heavy (non-hydrogen) atoms. The van der Waals surface area contributed by atoms with Gasteiger partial charge >= 0.3 is 0 Å². The number of amides is 9. The maximum atomic E-state index is 14.2. The molecule has 9 amide bonds. The van der Waals surface area contributed by atoms with Crippen LogP contribution in [0, 0.1) is 5.92 Å². The molecule has 0 aromatic heterocycles. The third kappa shape index (κ3) is 19.4. The average molecular weight is 934 g/mol. The average Bonchev–Trinajstić information content (AvgIpc) is 3.25. The highest BCUT2D eigenvalue weighted by Crippen LogP contribution is 2.11. The Morgan fingerprint density at radius 3 is 1.61 bits per heavy atom. The summed E-state index contributed by atoms with van der Waals surface area (Å²) in [6.45, 7) is 5.03. The van der Waals surface area contributed by atoms with E-state index >= 15 is 0 Å². The fourth-order valence-corrected chi connectivity index (χ4v) is 6.83. The topological polar surface area (TPSA) is 406 Å². The van der Waals surface area contributed by atoms with Crippen LogP contribution in [0.2, 0.25) is 0 Å². The van der Waals surface area contributed by atoms with E-state index in [4.69, 9.17) is 22.9 Å². The van der Waals surface area contributed by atoms with Gasteiger partial charge < -0.3 is 81.0 Å². The molecule has 1 fully saturated rings. The molecule has 1 heterocycles. The lowest BCUT2D eigenvalue weighted by molar-refractivity contribution is -0.136. The second kappa shape index (κ2) is 29.0. The van der Waals surface area contributed by atoms with Crippen LogP contribution in [0.1, 0.15) is 71.8 Å². The van der Waals surface area contributed by atoms with Crippen molar-refractivity contribution >= 4 is 53.2 Å².